The Labute approximate surface area is 271 Å². The lowest BCUT2D eigenvalue weighted by Crippen LogP contribution is -2.67. The maximum Gasteiger partial charge on any atom is 0.261 e. The highest BCUT2D eigenvalue weighted by Crippen LogP contribution is 2.39. The molecule has 1 saturated heterocycles. The molecule has 0 amide bonds. The summed E-state index contributed by atoms with van der Waals surface area (Å²) >= 11 is 2.03. The Morgan fingerprint density at radius 1 is 1.00 bits per heavy atom. The molecule has 0 saturated carbocycles. The fraction of sp³-hybridized carbons (Fsp3) is 0.571. The van der Waals surface area contributed by atoms with Crippen LogP contribution in [0.5, 0.6) is 0 Å². The third kappa shape index (κ3) is 8.45. The van der Waals surface area contributed by atoms with Gasteiger partial charge in [-0.2, -0.15) is 0 Å². The lowest BCUT2D eigenvalue weighted by molar-refractivity contribution is -0.124. The van der Waals surface area contributed by atoms with Crippen molar-refractivity contribution in [1.29, 1.82) is 0 Å². The lowest BCUT2D eigenvalue weighted by Gasteiger charge is -2.43. The van der Waals surface area contributed by atoms with Gasteiger partial charge in [0.05, 0.1) is 24.9 Å². The van der Waals surface area contributed by atoms with Crippen molar-refractivity contribution in [1.82, 2.24) is 0 Å². The van der Waals surface area contributed by atoms with Crippen LogP contribution in [0.25, 0.3) is 0 Å². The third-order valence-corrected chi connectivity index (χ3v) is 19.3. The van der Waals surface area contributed by atoms with E-state index in [0.717, 1.165) is 24.6 Å². The Morgan fingerprint density at radius 2 is 1.55 bits per heavy atom. The van der Waals surface area contributed by atoms with Crippen LogP contribution in [0.1, 0.15) is 74.1 Å². The van der Waals surface area contributed by atoms with E-state index in [9.17, 15) is 4.79 Å². The highest BCUT2D eigenvalue weighted by molar-refractivity contribution is 14.1. The number of benzene rings is 2. The Kier molecular flexibility index (Phi) is 13.5. The molecule has 0 bridgehead atoms. The predicted octanol–water partition coefficient (Wildman–Crippen LogP) is 7.88. The van der Waals surface area contributed by atoms with Gasteiger partial charge in [0.25, 0.3) is 8.32 Å². The lowest BCUT2D eigenvalue weighted by atomic mass is 9.94. The average molecular weight is 719 g/mol. The van der Waals surface area contributed by atoms with E-state index in [-0.39, 0.29) is 35.1 Å². The summed E-state index contributed by atoms with van der Waals surface area (Å²) < 4.78 is 24.0. The molecular weight excluding hydrogens is 667 g/mol. The highest BCUT2D eigenvalue weighted by Gasteiger charge is 2.51. The van der Waals surface area contributed by atoms with Gasteiger partial charge in [0.1, 0.15) is 5.78 Å². The summed E-state index contributed by atoms with van der Waals surface area (Å²) in [6.07, 6.45) is 2.40. The fourth-order valence-corrected chi connectivity index (χ4v) is 14.3. The van der Waals surface area contributed by atoms with Crippen molar-refractivity contribution in [3.8, 4) is 9.85 Å². The molecule has 2 aromatic carbocycles. The SMILES string of the molecule is CC[Si](CC)(CC)O[C@@H]1C[C@H](CO[Si](c2ccccc2)(c2ccccc2)C(C)(C)C)O[C@@H]1C[C@@H](C)C(=O)CCC#CI. The Bertz CT molecular complexity index is 1120. The van der Waals surface area contributed by atoms with Crippen LogP contribution in [0.4, 0.5) is 0 Å². The molecule has 0 N–H and O–H groups in total. The Balaban J connectivity index is 1.89. The minimum absolute atomic E-state index is 0.00587. The monoisotopic (exact) mass is 718 g/mol. The van der Waals surface area contributed by atoms with E-state index in [1.807, 2.05) is 29.5 Å². The van der Waals surface area contributed by atoms with Gasteiger partial charge in [-0.15, -0.1) is 0 Å². The summed E-state index contributed by atoms with van der Waals surface area (Å²) in [5, 5.41) is 2.45. The molecule has 0 unspecified atom stereocenters. The van der Waals surface area contributed by atoms with Crippen LogP contribution in [-0.4, -0.2) is 47.3 Å². The number of halogens is 1. The van der Waals surface area contributed by atoms with E-state index < -0.39 is 16.6 Å². The standard InChI is InChI=1S/C35H51IO4Si2/c1-8-41(9-2,10-3)40-34-26-29(39-33(34)25-28(4)32(37)23-17-18-24-36)27-38-42(35(5,6)7,30-19-13-11-14-20-30)31-21-15-12-16-22-31/h11-16,19-22,28-29,33-34H,8-10,17,23,25-27H2,1-7H3/t28-,29-,33-,34-/m1/s1. The second-order valence-corrected chi connectivity index (χ2v) is 22.3. The van der Waals surface area contributed by atoms with Crippen LogP contribution >= 0.6 is 22.6 Å². The van der Waals surface area contributed by atoms with Gasteiger partial charge in [0, 0.05) is 47.8 Å². The van der Waals surface area contributed by atoms with Crippen LogP contribution < -0.4 is 10.4 Å². The minimum Gasteiger partial charge on any atom is -0.411 e. The van der Waals surface area contributed by atoms with E-state index in [4.69, 9.17) is 13.6 Å². The first-order valence-electron chi connectivity index (χ1n) is 15.7. The zero-order chi connectivity index (χ0) is 30.8. The summed E-state index contributed by atoms with van der Waals surface area (Å²) in [5.74, 6) is 3.19. The summed E-state index contributed by atoms with van der Waals surface area (Å²) in [5.41, 5.74) is 0. The van der Waals surface area contributed by atoms with Gasteiger partial charge in [0.2, 0.25) is 0 Å². The molecule has 0 spiro atoms. The predicted molar refractivity (Wildman–Crippen MR) is 189 cm³/mol. The normalized spacial score (nSPS) is 20.1. The van der Waals surface area contributed by atoms with Crippen molar-refractivity contribution in [3.05, 3.63) is 60.7 Å². The second kappa shape index (κ2) is 16.1. The molecule has 1 aliphatic heterocycles. The van der Waals surface area contributed by atoms with Crippen molar-refractivity contribution in [2.24, 2.45) is 5.92 Å². The number of carbonyl (C=O) groups excluding carboxylic acids is 1. The summed E-state index contributed by atoms with van der Waals surface area (Å²) in [6, 6.07) is 24.8. The Morgan fingerprint density at radius 3 is 2.02 bits per heavy atom. The van der Waals surface area contributed by atoms with Gasteiger partial charge in [-0.1, -0.05) is 115 Å². The van der Waals surface area contributed by atoms with Gasteiger partial charge in [0.15, 0.2) is 8.32 Å². The topological polar surface area (TPSA) is 44.8 Å². The van der Waals surface area contributed by atoms with Gasteiger partial charge in [-0.05, 0) is 43.9 Å². The molecule has 2 aromatic rings. The summed E-state index contributed by atoms with van der Waals surface area (Å²) in [7, 11) is -4.55. The van der Waals surface area contributed by atoms with E-state index in [1.54, 1.807) is 0 Å². The van der Waals surface area contributed by atoms with Crippen LogP contribution in [-0.2, 0) is 18.4 Å². The van der Waals surface area contributed by atoms with Crippen molar-refractivity contribution in [3.63, 3.8) is 0 Å². The second-order valence-electron chi connectivity index (χ2n) is 12.8. The quantitative estimate of drug-likeness (QED) is 0.107. The van der Waals surface area contributed by atoms with Gasteiger partial charge < -0.3 is 13.6 Å². The van der Waals surface area contributed by atoms with Crippen LogP contribution in [0.2, 0.25) is 23.2 Å². The number of hydrogen-bond acceptors (Lipinski definition) is 4. The maximum atomic E-state index is 13.0. The summed E-state index contributed by atoms with van der Waals surface area (Å²) in [4.78, 5) is 13.0. The molecular formula is C35H51IO4Si2. The number of ketones is 1. The maximum absolute atomic E-state index is 13.0. The molecule has 4 atom stereocenters. The minimum atomic E-state index is -2.68. The molecule has 0 radical (unpaired) electrons. The molecule has 1 aliphatic rings. The number of ether oxygens (including phenoxy) is 1. The first-order chi connectivity index (χ1) is 20.1. The van der Waals surface area contributed by atoms with E-state index >= 15 is 0 Å². The van der Waals surface area contributed by atoms with Crippen LogP contribution in [0, 0.1) is 15.8 Å². The Hall–Kier alpha value is -1.29. The average Bonchev–Trinajstić information content (AvgIpc) is 3.37. The third-order valence-electron chi connectivity index (χ3n) is 9.21. The fourth-order valence-electron chi connectivity index (χ4n) is 6.50. The highest BCUT2D eigenvalue weighted by atomic mass is 127. The van der Waals surface area contributed by atoms with Gasteiger partial charge in [-0.3, -0.25) is 4.79 Å². The smallest absolute Gasteiger partial charge is 0.261 e. The van der Waals surface area contributed by atoms with Crippen LogP contribution in [0.3, 0.4) is 0 Å². The largest absolute Gasteiger partial charge is 0.411 e. The molecule has 0 aliphatic carbocycles. The van der Waals surface area contributed by atoms with Gasteiger partial charge in [-0.25, -0.2) is 0 Å². The zero-order valence-electron chi connectivity index (χ0n) is 26.8. The van der Waals surface area contributed by atoms with Crippen molar-refractivity contribution < 1.29 is 18.4 Å². The van der Waals surface area contributed by atoms with Crippen molar-refractivity contribution in [2.75, 3.05) is 6.61 Å². The summed E-state index contributed by atoms with van der Waals surface area (Å²) in [6.45, 7) is 16.3. The number of carbonyl (C=O) groups is 1. The van der Waals surface area contributed by atoms with Crippen molar-refractivity contribution >= 4 is 55.4 Å². The van der Waals surface area contributed by atoms with Crippen LogP contribution in [0.15, 0.2) is 60.7 Å². The molecule has 0 aromatic heterocycles. The molecule has 42 heavy (non-hydrogen) atoms. The van der Waals surface area contributed by atoms with E-state index in [1.165, 1.54) is 10.4 Å². The van der Waals surface area contributed by atoms with E-state index in [2.05, 4.69) is 112 Å². The first-order valence-corrected chi connectivity index (χ1v) is 21.3. The molecule has 1 heterocycles. The molecule has 230 valence electrons. The number of rotatable bonds is 15. The molecule has 3 rings (SSSR count). The van der Waals surface area contributed by atoms with Crippen molar-refractivity contribution in [2.45, 2.75) is 116 Å². The zero-order valence-corrected chi connectivity index (χ0v) is 30.9. The van der Waals surface area contributed by atoms with E-state index in [0.29, 0.717) is 25.9 Å². The number of Topliss-reactive ketones (excluding diaryl/α,β-unsaturated/α-hetero) is 1. The molecule has 1 fully saturated rings. The number of hydrogen-bond donors (Lipinski definition) is 0. The van der Waals surface area contributed by atoms with Gasteiger partial charge >= 0.3 is 0 Å². The molecule has 4 nitrogen and oxygen atoms in total. The first kappa shape index (κ1) is 35.2. The molecule has 7 heteroatoms.